The maximum Gasteiger partial charge on any atom is 0.291 e. The minimum absolute atomic E-state index is 0.0313. The molecule has 38 heteroatoms. The van der Waals surface area contributed by atoms with Gasteiger partial charge in [-0.25, -0.2) is 19.9 Å². The van der Waals surface area contributed by atoms with Crippen LogP contribution in [0.4, 0.5) is 45.6 Å². The van der Waals surface area contributed by atoms with Crippen molar-refractivity contribution in [3.05, 3.63) is 199 Å². The van der Waals surface area contributed by atoms with E-state index in [0.29, 0.717) is 40.9 Å². The summed E-state index contributed by atoms with van der Waals surface area (Å²) in [5.74, 6) is -3.18. The number of anilines is 8. The maximum absolute atomic E-state index is 14.4. The van der Waals surface area contributed by atoms with E-state index >= 15 is 0 Å². The highest BCUT2D eigenvalue weighted by Crippen LogP contribution is 2.31. The van der Waals surface area contributed by atoms with Crippen LogP contribution in [-0.2, 0) is 66.0 Å². The topological polar surface area (TPSA) is 433 Å². The Kier molecular flexibility index (Phi) is 24.6. The average Bonchev–Trinajstić information content (AvgIpc) is 1.66. The highest BCUT2D eigenvalue weighted by Gasteiger charge is 2.28. The molecule has 0 bridgehead atoms. The van der Waals surface area contributed by atoms with E-state index in [0.717, 1.165) is 83.9 Å². The van der Waals surface area contributed by atoms with Gasteiger partial charge in [0.15, 0.2) is 11.6 Å². The molecule has 13 aromatic rings. The molecule has 1 atom stereocenters. The van der Waals surface area contributed by atoms with Crippen molar-refractivity contribution >= 4 is 127 Å². The molecule has 0 spiro atoms. The lowest BCUT2D eigenvalue weighted by Crippen LogP contribution is -2.45. The van der Waals surface area contributed by atoms with Gasteiger partial charge in [-0.2, -0.15) is 0 Å². The van der Waals surface area contributed by atoms with Crippen molar-refractivity contribution in [1.29, 1.82) is 0 Å². The van der Waals surface area contributed by atoms with Crippen LogP contribution in [0.1, 0.15) is 110 Å². The van der Waals surface area contributed by atoms with Gasteiger partial charge in [0.05, 0.1) is 62.8 Å². The molecule has 0 unspecified atom stereocenters. The molecule has 1 aliphatic rings. The van der Waals surface area contributed by atoms with E-state index < -0.39 is 59.2 Å². The van der Waals surface area contributed by atoms with Gasteiger partial charge in [0.25, 0.3) is 47.3 Å². The molecule has 122 heavy (non-hydrogen) atoms. The number of nitrogens with zero attached hydrogens (tertiary/aromatic N) is 15. The number of amides is 10. The SMILES string of the molecule is CN(C)CCCNC(=O)c1cc(NC(=O)c2nc(NC(=O)c3cc(NC(=O)c4cc(NC(=O)[C@@H](CCNC(=O)c5cc(NC(=O)c6cc(NC(=O)c7cc(NC(=O)c8nccn8C)cn7C)cn6C)cn5C)NC(=O)CCCOc5ccc(-c6nc7cc(-c8nc9cc(N%10CCN(C)CC%10)ccc9[nH]8)ccc7[nH]6)cc5)cn4C)cn3C)cn2C)cn1C. The first-order valence-corrected chi connectivity index (χ1v) is 39.3. The Bertz CT molecular complexity index is 6160. The van der Waals surface area contributed by atoms with Gasteiger partial charge in [-0.05, 0) is 144 Å². The first kappa shape index (κ1) is 83.4. The number of fused-ring (bicyclic) bond motifs is 2. The molecule has 10 amide bonds. The second kappa shape index (κ2) is 36.0. The first-order chi connectivity index (χ1) is 58.5. The number of piperazine rings is 1. The maximum atomic E-state index is 14.4. The van der Waals surface area contributed by atoms with Crippen LogP contribution in [0.25, 0.3) is 44.8 Å². The Morgan fingerprint density at radius 2 is 0.893 bits per heavy atom. The molecule has 38 nitrogen and oxygen atoms in total. The lowest BCUT2D eigenvalue weighted by molar-refractivity contribution is -0.126. The minimum Gasteiger partial charge on any atom is -0.494 e. The molecular formula is C84H95N27O11. The molecule has 0 radical (unpaired) electrons. The van der Waals surface area contributed by atoms with E-state index in [4.69, 9.17) is 14.7 Å². The lowest BCUT2D eigenvalue weighted by atomic mass is 10.1. The van der Waals surface area contributed by atoms with E-state index in [1.807, 2.05) is 61.5 Å². The Morgan fingerprint density at radius 1 is 0.443 bits per heavy atom. The number of benzene rings is 3. The summed E-state index contributed by atoms with van der Waals surface area (Å²) in [6.45, 7) is 5.25. The predicted molar refractivity (Wildman–Crippen MR) is 461 cm³/mol. The number of rotatable bonds is 32. The normalized spacial score (nSPS) is 12.5. The number of aromatic amines is 2. The number of imidazole rings is 4. The second-order valence-electron chi connectivity index (χ2n) is 30.4. The van der Waals surface area contributed by atoms with Crippen molar-refractivity contribution in [2.75, 3.05) is 116 Å². The molecule has 1 fully saturated rings. The fourth-order valence-electron chi connectivity index (χ4n) is 14.3. The van der Waals surface area contributed by atoms with Crippen LogP contribution in [0, 0.1) is 0 Å². The Hall–Kier alpha value is -15.1. The van der Waals surface area contributed by atoms with Gasteiger partial charge in [0.1, 0.15) is 57.6 Å². The van der Waals surface area contributed by atoms with E-state index in [2.05, 4.69) is 108 Å². The molecule has 11 heterocycles. The summed E-state index contributed by atoms with van der Waals surface area (Å²) < 4.78 is 18.2. The van der Waals surface area contributed by atoms with Crippen LogP contribution in [-0.4, -0.2) is 215 Å². The smallest absolute Gasteiger partial charge is 0.291 e. The summed E-state index contributed by atoms with van der Waals surface area (Å²) in [6, 6.07) is 27.4. The zero-order valence-corrected chi connectivity index (χ0v) is 69.2. The van der Waals surface area contributed by atoms with E-state index in [-0.39, 0.29) is 101 Å². The molecule has 10 aromatic heterocycles. The number of aromatic nitrogens is 14. The number of carbonyl (C=O) groups is 10. The molecule has 1 aliphatic heterocycles. The predicted octanol–water partition coefficient (Wildman–Crippen LogP) is 7.32. The van der Waals surface area contributed by atoms with Gasteiger partial charge in [-0.3, -0.25) is 47.9 Å². The number of ether oxygens (including phenoxy) is 1. The zero-order valence-electron chi connectivity index (χ0n) is 69.2. The summed E-state index contributed by atoms with van der Waals surface area (Å²) >= 11 is 0. The van der Waals surface area contributed by atoms with Crippen LogP contribution in [0.15, 0.2) is 153 Å². The van der Waals surface area contributed by atoms with Gasteiger partial charge in [0.2, 0.25) is 17.6 Å². The molecule has 3 aromatic carbocycles. The van der Waals surface area contributed by atoms with Crippen LogP contribution in [0.2, 0.25) is 0 Å². The monoisotopic (exact) mass is 1660 g/mol. The van der Waals surface area contributed by atoms with Crippen molar-refractivity contribution < 1.29 is 52.7 Å². The van der Waals surface area contributed by atoms with Gasteiger partial charge in [-0.1, -0.05) is 0 Å². The van der Waals surface area contributed by atoms with Crippen molar-refractivity contribution in [1.82, 2.24) is 92.2 Å². The van der Waals surface area contributed by atoms with Crippen LogP contribution in [0.3, 0.4) is 0 Å². The molecule has 1 saturated heterocycles. The van der Waals surface area contributed by atoms with Gasteiger partial charge in [-0.15, -0.1) is 0 Å². The summed E-state index contributed by atoms with van der Waals surface area (Å²) in [5.41, 5.74) is 9.18. The number of carbonyl (C=O) groups excluding carboxylic acids is 10. The van der Waals surface area contributed by atoms with Crippen molar-refractivity contribution in [3.63, 3.8) is 0 Å². The molecular weight excluding hydrogens is 1560 g/mol. The Balaban J connectivity index is 0.591. The molecule has 14 rings (SSSR count). The summed E-state index contributed by atoms with van der Waals surface area (Å²) in [7, 11) is 19.1. The van der Waals surface area contributed by atoms with Crippen LogP contribution >= 0.6 is 0 Å². The van der Waals surface area contributed by atoms with E-state index in [9.17, 15) is 47.9 Å². The van der Waals surface area contributed by atoms with E-state index in [1.54, 1.807) is 101 Å². The number of nitrogens with one attached hydrogen (secondary N) is 12. The number of likely N-dealkylation sites (N-methyl/N-ethyl adjacent to an activating group) is 1. The van der Waals surface area contributed by atoms with E-state index in [1.165, 1.54) is 84.2 Å². The largest absolute Gasteiger partial charge is 0.494 e. The number of hydrogen-bond donors (Lipinski definition) is 12. The number of aryl methyl sites for hydroxylation is 8. The first-order valence-electron chi connectivity index (χ1n) is 39.3. The van der Waals surface area contributed by atoms with Crippen molar-refractivity contribution in [2.24, 2.45) is 56.4 Å². The third kappa shape index (κ3) is 19.5. The number of hydrogen-bond acceptors (Lipinski definition) is 18. The van der Waals surface area contributed by atoms with Gasteiger partial charge in [0, 0.05) is 175 Å². The average molecular weight is 1660 g/mol. The van der Waals surface area contributed by atoms with Crippen LogP contribution in [0.5, 0.6) is 5.75 Å². The third-order valence-corrected chi connectivity index (χ3v) is 20.8. The summed E-state index contributed by atoms with van der Waals surface area (Å²) in [5, 5.41) is 28.0. The standard InChI is InChI=1S/C84H95N27O11/c1-101(2)27-13-24-86-77(114)64-36-55(46-105(64)6)93-84(121)75-99-70(48-110(75)11)100-82(119)69-39-54(45-109(69)10)91-79(116)66-37-51(42-106(66)7)88-76(113)61(23-25-87-78(115)65-35-52(43-104(65)5)89-80(117)67-38-53(44-107(67)8)90-81(118)68-40-56(47-108(68)9)92-83(120)74-85-26-28-103(74)4)94-71(112)14-12-33-122-58-19-15-49(16-20-58)72-95-59-21-17-50(34-62(59)97-72)73-96-60-22-18-57(41-63(60)98-73)111-31-29-102(3)30-32-111/h15-22,26,28,34-48,61H,12-14,23-25,27,29-33H2,1-11H3,(H,86,114)(H,87,115)(H,88,113)(H,89,117)(H,90,118)(H,91,116)(H,92,120)(H,93,121)(H,94,112)(H,95,97)(H,96,98)(H,100,119)/t61-/m1/s1. The molecule has 12 N–H and O–H groups in total. The van der Waals surface area contributed by atoms with Crippen molar-refractivity contribution in [3.8, 4) is 28.5 Å². The fourth-order valence-corrected chi connectivity index (χ4v) is 14.3. The highest BCUT2D eigenvalue weighted by atomic mass is 16.5. The summed E-state index contributed by atoms with van der Waals surface area (Å²) in [6.07, 6.45) is 14.8. The van der Waals surface area contributed by atoms with Crippen molar-refractivity contribution in [2.45, 2.75) is 31.7 Å². The lowest BCUT2D eigenvalue weighted by Gasteiger charge is -2.34. The van der Waals surface area contributed by atoms with Crippen LogP contribution < -0.4 is 62.8 Å². The minimum atomic E-state index is -1.24. The molecule has 632 valence electrons. The zero-order chi connectivity index (χ0) is 86.3. The van der Waals surface area contributed by atoms with Gasteiger partial charge < -0.3 is 119 Å². The Labute approximate surface area is 699 Å². The fraction of sp³-hybridized carbons (Fsp3) is 0.286. The number of H-pyrrole nitrogens is 2. The highest BCUT2D eigenvalue weighted by molar-refractivity contribution is 6.11. The quantitative estimate of drug-likeness (QED) is 0.0184. The van der Waals surface area contributed by atoms with Gasteiger partial charge >= 0.3 is 0 Å². The molecule has 0 aliphatic carbocycles. The Morgan fingerprint density at radius 3 is 1.40 bits per heavy atom. The third-order valence-electron chi connectivity index (χ3n) is 20.8. The molecule has 0 saturated carbocycles. The second-order valence-corrected chi connectivity index (χ2v) is 30.4. The summed E-state index contributed by atoms with van der Waals surface area (Å²) in [4.78, 5) is 168.